The van der Waals surface area contributed by atoms with Crippen molar-refractivity contribution in [2.24, 2.45) is 0 Å². The average Bonchev–Trinajstić information content (AvgIpc) is 3.64. The van der Waals surface area contributed by atoms with E-state index in [0.29, 0.717) is 25.2 Å². The van der Waals surface area contributed by atoms with Gasteiger partial charge in [0.05, 0.1) is 36.0 Å². The van der Waals surface area contributed by atoms with Gasteiger partial charge in [-0.15, -0.1) is 0 Å². The van der Waals surface area contributed by atoms with E-state index >= 15 is 0 Å². The Morgan fingerprint density at radius 1 is 1.26 bits per heavy atom. The number of hydrogen-bond acceptors (Lipinski definition) is 8. The van der Waals surface area contributed by atoms with Crippen LogP contribution in [-0.2, 0) is 16.5 Å². The monoisotopic (exact) mass is 583 g/mol. The van der Waals surface area contributed by atoms with Gasteiger partial charge in [0.25, 0.3) is 5.91 Å². The molecule has 42 heavy (non-hydrogen) atoms. The highest BCUT2D eigenvalue weighted by Gasteiger charge is 2.50. The van der Waals surface area contributed by atoms with Crippen molar-refractivity contribution in [1.29, 1.82) is 5.26 Å². The molecule has 2 aliphatic heterocycles. The number of amides is 1. The number of hydrogen-bond donors (Lipinski definition) is 1. The van der Waals surface area contributed by atoms with E-state index in [2.05, 4.69) is 36.0 Å². The minimum absolute atomic E-state index is 0.0666. The zero-order valence-corrected chi connectivity index (χ0v) is 22.3. The number of H-pyrrole nitrogens is 1. The van der Waals surface area contributed by atoms with Crippen molar-refractivity contribution in [3.63, 3.8) is 0 Å². The quantitative estimate of drug-likeness (QED) is 0.343. The summed E-state index contributed by atoms with van der Waals surface area (Å²) in [6, 6.07) is 4.98. The molecule has 2 saturated heterocycles. The molecule has 2 aliphatic rings. The highest BCUT2D eigenvalue weighted by Crippen LogP contribution is 2.38. The van der Waals surface area contributed by atoms with Crippen molar-refractivity contribution >= 4 is 16.9 Å². The number of nitrogens with zero attached hydrogens (tertiary/aromatic N) is 8. The van der Waals surface area contributed by atoms with Crippen LogP contribution < -0.4 is 0 Å². The van der Waals surface area contributed by atoms with Crippen LogP contribution in [-0.4, -0.2) is 90.9 Å². The first kappa shape index (κ1) is 27.7. The number of piperidine rings is 1. The molecule has 4 aromatic heterocycles. The van der Waals surface area contributed by atoms with Crippen LogP contribution in [0.15, 0.2) is 43.2 Å². The van der Waals surface area contributed by atoms with Gasteiger partial charge in [-0.2, -0.15) is 23.5 Å². The van der Waals surface area contributed by atoms with Crippen molar-refractivity contribution in [3.05, 3.63) is 60.3 Å². The Kier molecular flexibility index (Phi) is 6.90. The Bertz CT molecular complexity index is 1670. The Balaban J connectivity index is 1.17. The summed E-state index contributed by atoms with van der Waals surface area (Å²) in [6.45, 7) is 1.26. The van der Waals surface area contributed by atoms with Gasteiger partial charge < -0.3 is 14.6 Å². The molecule has 0 unspecified atom stereocenters. The van der Waals surface area contributed by atoms with Gasteiger partial charge in [-0.25, -0.2) is 19.3 Å². The third kappa shape index (κ3) is 4.66. The highest BCUT2D eigenvalue weighted by molar-refractivity contribution is 5.94. The maximum absolute atomic E-state index is 14.6. The smallest absolute Gasteiger partial charge is 0.378 e. The fourth-order valence-corrected chi connectivity index (χ4v) is 5.95. The van der Waals surface area contributed by atoms with E-state index in [1.807, 2.05) is 12.3 Å². The molecule has 0 saturated carbocycles. The van der Waals surface area contributed by atoms with Crippen molar-refractivity contribution in [1.82, 2.24) is 39.5 Å². The van der Waals surface area contributed by atoms with Crippen molar-refractivity contribution in [3.8, 4) is 17.3 Å². The van der Waals surface area contributed by atoms with E-state index in [1.165, 1.54) is 18.3 Å². The van der Waals surface area contributed by atoms with Gasteiger partial charge in [-0.05, 0) is 18.6 Å². The Labute approximate surface area is 236 Å². The molecule has 6 rings (SSSR count). The molecule has 1 amide bonds. The van der Waals surface area contributed by atoms with Crippen molar-refractivity contribution in [2.45, 2.75) is 36.7 Å². The lowest BCUT2D eigenvalue weighted by Gasteiger charge is -2.55. The zero-order valence-electron chi connectivity index (χ0n) is 22.3. The summed E-state index contributed by atoms with van der Waals surface area (Å²) < 4.78 is 61.5. The standard InChI is InChI=1S/C27H25F4N9O2/c1-42-20-12-38(25(41)17-2-7-33-23(21(17)28)27(29,30)31)9-4-19(20)39-13-26(14-39,5-6-32)40-11-16(10-37-40)22-18-3-8-34-24(18)36-15-35-22/h2-3,7-8,10-11,15,19-20H,4-5,9,12-14H2,1H3,(H,34,35,36)/t19-,20+/m0/s1. The summed E-state index contributed by atoms with van der Waals surface area (Å²) in [4.78, 5) is 31.3. The lowest BCUT2D eigenvalue weighted by atomic mass is 9.83. The molecule has 2 atom stereocenters. The Hall–Kier alpha value is -4.42. The number of carbonyl (C=O) groups is 1. The number of likely N-dealkylation sites (tertiary alicyclic amines) is 2. The molecular weight excluding hydrogens is 558 g/mol. The number of nitrogens with one attached hydrogen (secondary N) is 1. The second kappa shape index (κ2) is 10.4. The fourth-order valence-electron chi connectivity index (χ4n) is 5.95. The number of carbonyl (C=O) groups excluding carboxylic acids is 1. The number of methoxy groups -OCH3 is 1. The molecule has 4 aromatic rings. The Morgan fingerprint density at radius 3 is 2.81 bits per heavy atom. The maximum Gasteiger partial charge on any atom is 0.436 e. The first-order chi connectivity index (χ1) is 20.1. The van der Waals surface area contributed by atoms with E-state index < -0.39 is 40.8 Å². The van der Waals surface area contributed by atoms with E-state index in [1.54, 1.807) is 17.1 Å². The van der Waals surface area contributed by atoms with Crippen LogP contribution in [0.25, 0.3) is 22.3 Å². The number of nitriles is 1. The van der Waals surface area contributed by atoms with Gasteiger partial charge in [-0.1, -0.05) is 0 Å². The van der Waals surface area contributed by atoms with Crippen molar-refractivity contribution in [2.75, 3.05) is 33.3 Å². The third-order valence-corrected chi connectivity index (χ3v) is 8.07. The van der Waals surface area contributed by atoms with Gasteiger partial charge >= 0.3 is 6.18 Å². The third-order valence-electron chi connectivity index (χ3n) is 8.07. The topological polar surface area (TPSA) is 129 Å². The molecule has 2 fully saturated rings. The number of halogens is 4. The number of aromatic nitrogens is 6. The number of fused-ring (bicyclic) bond motifs is 1. The van der Waals surface area contributed by atoms with Crippen LogP contribution in [0.1, 0.15) is 28.9 Å². The predicted molar refractivity (Wildman–Crippen MR) is 139 cm³/mol. The number of pyridine rings is 1. The molecule has 15 heteroatoms. The molecule has 0 aromatic carbocycles. The van der Waals surface area contributed by atoms with Crippen molar-refractivity contribution < 1.29 is 27.1 Å². The number of rotatable bonds is 6. The second-order valence-electron chi connectivity index (χ2n) is 10.5. The highest BCUT2D eigenvalue weighted by atomic mass is 19.4. The van der Waals surface area contributed by atoms with Crippen LogP contribution in [0.5, 0.6) is 0 Å². The minimum Gasteiger partial charge on any atom is -0.378 e. The summed E-state index contributed by atoms with van der Waals surface area (Å²) in [5, 5.41) is 15.1. The van der Waals surface area contributed by atoms with Crippen LogP contribution >= 0.6 is 0 Å². The van der Waals surface area contributed by atoms with Gasteiger partial charge in [0.2, 0.25) is 0 Å². The van der Waals surface area contributed by atoms with E-state index in [4.69, 9.17) is 4.74 Å². The summed E-state index contributed by atoms with van der Waals surface area (Å²) >= 11 is 0. The maximum atomic E-state index is 14.6. The molecule has 6 heterocycles. The number of ether oxygens (including phenoxy) is 1. The molecular formula is C27H25F4N9O2. The van der Waals surface area contributed by atoms with Crippen LogP contribution in [0.3, 0.4) is 0 Å². The molecule has 11 nitrogen and oxygen atoms in total. The SMILES string of the molecule is CO[C@@H]1CN(C(=O)c2ccnc(C(F)(F)F)c2F)CC[C@@H]1N1CC(CC#N)(n2cc(-c3ncnc4[nH]ccc34)cn2)C1. The lowest BCUT2D eigenvalue weighted by Crippen LogP contribution is -2.69. The zero-order chi connectivity index (χ0) is 29.6. The van der Waals surface area contributed by atoms with Crippen LogP contribution in [0.2, 0.25) is 0 Å². The molecule has 0 aliphatic carbocycles. The molecule has 0 spiro atoms. The fraction of sp³-hybridized carbons (Fsp3) is 0.407. The van der Waals surface area contributed by atoms with Gasteiger partial charge in [-0.3, -0.25) is 14.4 Å². The normalized spacial score (nSPS) is 20.8. The minimum atomic E-state index is -5.02. The molecule has 0 radical (unpaired) electrons. The Morgan fingerprint density at radius 2 is 2.07 bits per heavy atom. The van der Waals surface area contributed by atoms with Gasteiger partial charge in [0.1, 0.15) is 17.5 Å². The summed E-state index contributed by atoms with van der Waals surface area (Å²) in [5.41, 5.74) is -0.775. The first-order valence-corrected chi connectivity index (χ1v) is 13.1. The predicted octanol–water partition coefficient (Wildman–Crippen LogP) is 3.23. The first-order valence-electron chi connectivity index (χ1n) is 13.1. The molecule has 1 N–H and O–H groups in total. The van der Waals surface area contributed by atoms with Crippen LogP contribution in [0, 0.1) is 17.1 Å². The summed E-state index contributed by atoms with van der Waals surface area (Å²) in [5.74, 6) is -2.54. The lowest BCUT2D eigenvalue weighted by molar-refractivity contribution is -0.143. The van der Waals surface area contributed by atoms with Gasteiger partial charge in [0, 0.05) is 68.9 Å². The van der Waals surface area contributed by atoms with E-state index in [0.717, 1.165) is 28.9 Å². The summed E-state index contributed by atoms with van der Waals surface area (Å²) in [6.07, 6.45) is 2.78. The number of aromatic amines is 1. The largest absolute Gasteiger partial charge is 0.436 e. The second-order valence-corrected chi connectivity index (χ2v) is 10.5. The molecule has 0 bridgehead atoms. The molecule has 218 valence electrons. The summed E-state index contributed by atoms with van der Waals surface area (Å²) in [7, 11) is 1.49. The average molecular weight is 584 g/mol. The van der Waals surface area contributed by atoms with Gasteiger partial charge in [0.15, 0.2) is 11.5 Å². The van der Waals surface area contributed by atoms with E-state index in [-0.39, 0.29) is 25.6 Å². The number of alkyl halides is 3. The van der Waals surface area contributed by atoms with Crippen LogP contribution in [0.4, 0.5) is 17.6 Å². The van der Waals surface area contributed by atoms with E-state index in [9.17, 15) is 27.6 Å².